The summed E-state index contributed by atoms with van der Waals surface area (Å²) >= 11 is 0. The van der Waals surface area contributed by atoms with Gasteiger partial charge in [0.2, 0.25) is 5.91 Å². The summed E-state index contributed by atoms with van der Waals surface area (Å²) in [5.41, 5.74) is 0. The van der Waals surface area contributed by atoms with Gasteiger partial charge in [0, 0.05) is 18.9 Å². The normalized spacial score (nSPS) is 21.2. The van der Waals surface area contributed by atoms with E-state index >= 15 is 0 Å². The van der Waals surface area contributed by atoms with Gasteiger partial charge in [0.15, 0.2) is 5.78 Å². The van der Waals surface area contributed by atoms with Gasteiger partial charge in [-0.15, -0.1) is 0 Å². The van der Waals surface area contributed by atoms with Crippen molar-refractivity contribution >= 4 is 11.7 Å². The van der Waals surface area contributed by atoms with Crippen LogP contribution in [0.3, 0.4) is 0 Å². The molecule has 0 aliphatic carbocycles. The molecule has 0 N–H and O–H groups in total. The molecule has 0 aromatic heterocycles. The van der Waals surface area contributed by atoms with Crippen LogP contribution in [-0.4, -0.2) is 29.2 Å². The molecular weight excluding hydrogens is 238 g/mol. The SMILES string of the molecule is CC(C)CCC(=O)[C@@H]1CCCN1C(=O)[C@@H](C)C(C)C. The Bertz CT molecular complexity index is 323. The van der Waals surface area contributed by atoms with Crippen LogP contribution in [0.25, 0.3) is 0 Å². The van der Waals surface area contributed by atoms with Crippen molar-refractivity contribution in [2.45, 2.75) is 66.3 Å². The molecule has 2 atom stereocenters. The van der Waals surface area contributed by atoms with E-state index in [-0.39, 0.29) is 23.7 Å². The summed E-state index contributed by atoms with van der Waals surface area (Å²) in [4.78, 5) is 26.5. The van der Waals surface area contributed by atoms with E-state index in [4.69, 9.17) is 0 Å². The predicted octanol–water partition coefficient (Wildman–Crippen LogP) is 3.27. The number of nitrogens with zero attached hydrogens (tertiary/aromatic N) is 1. The highest BCUT2D eigenvalue weighted by atomic mass is 16.2. The molecular formula is C16H29NO2. The number of carbonyl (C=O) groups is 2. The molecule has 1 amide bonds. The summed E-state index contributed by atoms with van der Waals surface area (Å²) in [6.45, 7) is 11.1. The number of likely N-dealkylation sites (tertiary alicyclic amines) is 1. The maximum atomic E-state index is 12.4. The second kappa shape index (κ2) is 7.06. The summed E-state index contributed by atoms with van der Waals surface area (Å²) < 4.78 is 0. The second-order valence-electron chi connectivity index (χ2n) is 6.62. The summed E-state index contributed by atoms with van der Waals surface area (Å²) in [6.07, 6.45) is 3.36. The average molecular weight is 267 g/mol. The monoisotopic (exact) mass is 267 g/mol. The molecule has 0 unspecified atom stereocenters. The van der Waals surface area contributed by atoms with Crippen molar-refractivity contribution in [3.05, 3.63) is 0 Å². The van der Waals surface area contributed by atoms with Crippen LogP contribution in [0.1, 0.15) is 60.3 Å². The number of Topliss-reactive ketones (excluding diaryl/α,β-unsaturated/α-hetero) is 1. The summed E-state index contributed by atoms with van der Waals surface area (Å²) in [6, 6.07) is -0.146. The first kappa shape index (κ1) is 16.2. The van der Waals surface area contributed by atoms with Crippen LogP contribution in [0.15, 0.2) is 0 Å². The maximum absolute atomic E-state index is 12.4. The smallest absolute Gasteiger partial charge is 0.226 e. The minimum Gasteiger partial charge on any atom is -0.332 e. The van der Waals surface area contributed by atoms with Crippen molar-refractivity contribution in [3.63, 3.8) is 0 Å². The van der Waals surface area contributed by atoms with Gasteiger partial charge in [-0.25, -0.2) is 0 Å². The number of hydrogen-bond donors (Lipinski definition) is 0. The number of hydrogen-bond acceptors (Lipinski definition) is 2. The summed E-state index contributed by atoms with van der Waals surface area (Å²) in [5, 5.41) is 0. The first-order chi connectivity index (χ1) is 8.84. The third-order valence-electron chi connectivity index (χ3n) is 4.27. The molecule has 1 aliphatic rings. The molecule has 0 radical (unpaired) electrons. The highest BCUT2D eigenvalue weighted by Gasteiger charge is 2.35. The fourth-order valence-corrected chi connectivity index (χ4v) is 2.51. The van der Waals surface area contributed by atoms with E-state index in [1.165, 1.54) is 0 Å². The van der Waals surface area contributed by atoms with E-state index in [0.29, 0.717) is 18.3 Å². The molecule has 3 heteroatoms. The Hall–Kier alpha value is -0.860. The fourth-order valence-electron chi connectivity index (χ4n) is 2.51. The largest absolute Gasteiger partial charge is 0.332 e. The lowest BCUT2D eigenvalue weighted by Gasteiger charge is -2.28. The third kappa shape index (κ3) is 4.32. The fraction of sp³-hybridized carbons (Fsp3) is 0.875. The van der Waals surface area contributed by atoms with Gasteiger partial charge in [-0.1, -0.05) is 34.6 Å². The van der Waals surface area contributed by atoms with Gasteiger partial charge in [-0.2, -0.15) is 0 Å². The van der Waals surface area contributed by atoms with Crippen LogP contribution < -0.4 is 0 Å². The molecule has 0 aromatic rings. The van der Waals surface area contributed by atoms with Crippen molar-refractivity contribution < 1.29 is 9.59 Å². The highest BCUT2D eigenvalue weighted by Crippen LogP contribution is 2.24. The number of carbonyl (C=O) groups excluding carboxylic acids is 2. The molecule has 0 saturated carbocycles. The van der Waals surface area contributed by atoms with Crippen LogP contribution in [-0.2, 0) is 9.59 Å². The van der Waals surface area contributed by atoms with E-state index in [1.54, 1.807) is 0 Å². The van der Waals surface area contributed by atoms with E-state index in [9.17, 15) is 9.59 Å². The van der Waals surface area contributed by atoms with Crippen LogP contribution in [0.5, 0.6) is 0 Å². The molecule has 1 saturated heterocycles. The van der Waals surface area contributed by atoms with Crippen LogP contribution >= 0.6 is 0 Å². The topological polar surface area (TPSA) is 37.4 Å². The lowest BCUT2D eigenvalue weighted by molar-refractivity contribution is -0.141. The van der Waals surface area contributed by atoms with Gasteiger partial charge in [0.05, 0.1) is 6.04 Å². The zero-order valence-electron chi connectivity index (χ0n) is 13.1. The van der Waals surface area contributed by atoms with Crippen molar-refractivity contribution in [3.8, 4) is 0 Å². The second-order valence-corrected chi connectivity index (χ2v) is 6.62. The third-order valence-corrected chi connectivity index (χ3v) is 4.27. The van der Waals surface area contributed by atoms with Crippen LogP contribution in [0.4, 0.5) is 0 Å². The first-order valence-corrected chi connectivity index (χ1v) is 7.67. The predicted molar refractivity (Wildman–Crippen MR) is 77.8 cm³/mol. The Labute approximate surface area is 117 Å². The molecule has 1 heterocycles. The van der Waals surface area contributed by atoms with E-state index in [0.717, 1.165) is 25.8 Å². The minimum atomic E-state index is -0.146. The molecule has 1 aliphatic heterocycles. The molecule has 1 rings (SSSR count). The van der Waals surface area contributed by atoms with Gasteiger partial charge >= 0.3 is 0 Å². The first-order valence-electron chi connectivity index (χ1n) is 7.67. The van der Waals surface area contributed by atoms with E-state index in [2.05, 4.69) is 27.7 Å². The minimum absolute atomic E-state index is 0.0125. The number of amides is 1. The molecule has 0 aromatic carbocycles. The standard InChI is InChI=1S/C16H29NO2/c1-11(2)8-9-15(18)14-7-6-10-17(14)16(19)13(5)12(3)4/h11-14H,6-10H2,1-5H3/t13-,14-/m0/s1. The Kier molecular flexibility index (Phi) is 6.02. The quantitative estimate of drug-likeness (QED) is 0.740. The zero-order valence-corrected chi connectivity index (χ0v) is 13.1. The van der Waals surface area contributed by atoms with Crippen molar-refractivity contribution in [1.82, 2.24) is 4.90 Å². The number of rotatable bonds is 6. The molecule has 110 valence electrons. The van der Waals surface area contributed by atoms with Gasteiger partial charge < -0.3 is 4.90 Å². The zero-order chi connectivity index (χ0) is 14.6. The van der Waals surface area contributed by atoms with Gasteiger partial charge in [-0.3, -0.25) is 9.59 Å². The molecule has 19 heavy (non-hydrogen) atoms. The van der Waals surface area contributed by atoms with Crippen molar-refractivity contribution in [1.29, 1.82) is 0 Å². The lowest BCUT2D eigenvalue weighted by Crippen LogP contribution is -2.44. The van der Waals surface area contributed by atoms with Gasteiger partial charge in [0.1, 0.15) is 0 Å². The van der Waals surface area contributed by atoms with E-state index < -0.39 is 0 Å². The highest BCUT2D eigenvalue weighted by molar-refractivity contribution is 5.90. The maximum Gasteiger partial charge on any atom is 0.226 e. The van der Waals surface area contributed by atoms with E-state index in [1.807, 2.05) is 11.8 Å². The molecule has 1 fully saturated rings. The molecule has 0 bridgehead atoms. The van der Waals surface area contributed by atoms with Crippen molar-refractivity contribution in [2.24, 2.45) is 17.8 Å². The van der Waals surface area contributed by atoms with Gasteiger partial charge in [0.25, 0.3) is 0 Å². The Morgan fingerprint density at radius 1 is 1.16 bits per heavy atom. The van der Waals surface area contributed by atoms with Crippen LogP contribution in [0, 0.1) is 17.8 Å². The van der Waals surface area contributed by atoms with Gasteiger partial charge in [-0.05, 0) is 31.1 Å². The Morgan fingerprint density at radius 2 is 1.79 bits per heavy atom. The van der Waals surface area contributed by atoms with Crippen molar-refractivity contribution in [2.75, 3.05) is 6.54 Å². The summed E-state index contributed by atoms with van der Waals surface area (Å²) in [7, 11) is 0. The molecule has 3 nitrogen and oxygen atoms in total. The Morgan fingerprint density at radius 3 is 2.32 bits per heavy atom. The Balaban J connectivity index is 2.63. The molecule has 0 spiro atoms. The van der Waals surface area contributed by atoms with Crippen LogP contribution in [0.2, 0.25) is 0 Å². The summed E-state index contributed by atoms with van der Waals surface area (Å²) in [5.74, 6) is 1.31. The average Bonchev–Trinajstić information content (AvgIpc) is 2.82. The lowest BCUT2D eigenvalue weighted by atomic mass is 9.95. The number of ketones is 1.